The van der Waals surface area contributed by atoms with E-state index in [2.05, 4.69) is 21.2 Å². The molecule has 4 nitrogen and oxygen atoms in total. The van der Waals surface area contributed by atoms with Gasteiger partial charge in [0.2, 0.25) is 0 Å². The van der Waals surface area contributed by atoms with Gasteiger partial charge in [0.1, 0.15) is 0 Å². The molecule has 0 bridgehead atoms. The third kappa shape index (κ3) is 3.09. The predicted octanol–water partition coefficient (Wildman–Crippen LogP) is 3.09. The molecule has 1 aliphatic carbocycles. The highest BCUT2D eigenvalue weighted by Gasteiger charge is 2.44. The standard InChI is InChI=1S/C13H13BrClNO3/c14-9-4-8(5-10(15)6-9)11(17)16-7-13(12(18)19)2-1-3-13/h4-6H,1-3,7H2,(H,16,17)(H,18,19). The van der Waals surface area contributed by atoms with Gasteiger partial charge in [-0.05, 0) is 31.0 Å². The molecule has 6 heteroatoms. The van der Waals surface area contributed by atoms with E-state index in [9.17, 15) is 14.7 Å². The molecule has 1 aromatic rings. The molecule has 0 aliphatic heterocycles. The highest BCUT2D eigenvalue weighted by Crippen LogP contribution is 2.40. The van der Waals surface area contributed by atoms with E-state index in [1.54, 1.807) is 18.2 Å². The molecule has 0 saturated heterocycles. The van der Waals surface area contributed by atoms with Crippen molar-refractivity contribution in [3.8, 4) is 0 Å². The van der Waals surface area contributed by atoms with E-state index >= 15 is 0 Å². The fraction of sp³-hybridized carbons (Fsp3) is 0.385. The van der Waals surface area contributed by atoms with Gasteiger partial charge in [0.15, 0.2) is 0 Å². The monoisotopic (exact) mass is 345 g/mol. The fourth-order valence-corrected chi connectivity index (χ4v) is 2.97. The summed E-state index contributed by atoms with van der Waals surface area (Å²) in [5.41, 5.74) is -0.370. The molecular formula is C13H13BrClNO3. The van der Waals surface area contributed by atoms with E-state index < -0.39 is 11.4 Å². The number of amides is 1. The van der Waals surface area contributed by atoms with Gasteiger partial charge in [-0.2, -0.15) is 0 Å². The number of carbonyl (C=O) groups is 2. The zero-order valence-corrected chi connectivity index (χ0v) is 12.4. The van der Waals surface area contributed by atoms with Crippen LogP contribution in [0.15, 0.2) is 22.7 Å². The van der Waals surface area contributed by atoms with E-state index in [4.69, 9.17) is 11.6 Å². The quantitative estimate of drug-likeness (QED) is 0.880. The SMILES string of the molecule is O=C(NCC1(C(=O)O)CCC1)c1cc(Cl)cc(Br)c1. The molecule has 2 rings (SSSR count). The van der Waals surface area contributed by atoms with Crippen LogP contribution in [0.1, 0.15) is 29.6 Å². The summed E-state index contributed by atoms with van der Waals surface area (Å²) in [6.07, 6.45) is 2.12. The number of nitrogens with one attached hydrogen (secondary N) is 1. The fourth-order valence-electron chi connectivity index (χ4n) is 2.11. The van der Waals surface area contributed by atoms with Crippen molar-refractivity contribution in [3.63, 3.8) is 0 Å². The van der Waals surface area contributed by atoms with Crippen LogP contribution >= 0.6 is 27.5 Å². The number of halogens is 2. The largest absolute Gasteiger partial charge is 0.481 e. The summed E-state index contributed by atoms with van der Waals surface area (Å²) < 4.78 is 0.710. The van der Waals surface area contributed by atoms with Crippen molar-refractivity contribution < 1.29 is 14.7 Å². The predicted molar refractivity (Wildman–Crippen MR) is 75.4 cm³/mol. The second-order valence-electron chi connectivity index (χ2n) is 4.78. The van der Waals surface area contributed by atoms with Crippen LogP contribution in [-0.2, 0) is 4.79 Å². The molecule has 19 heavy (non-hydrogen) atoms. The average molecular weight is 347 g/mol. The molecule has 102 valence electrons. The first-order valence-corrected chi connectivity index (χ1v) is 7.08. The molecule has 1 amide bonds. The van der Waals surface area contributed by atoms with Crippen LogP contribution in [0.2, 0.25) is 5.02 Å². The van der Waals surface area contributed by atoms with Crippen molar-refractivity contribution in [2.75, 3.05) is 6.54 Å². The van der Waals surface area contributed by atoms with E-state index in [-0.39, 0.29) is 12.5 Å². The minimum atomic E-state index is -0.841. The molecule has 0 heterocycles. The second-order valence-corrected chi connectivity index (χ2v) is 6.13. The number of carboxylic acid groups (broad SMARTS) is 1. The number of carbonyl (C=O) groups excluding carboxylic acids is 1. The number of aliphatic carboxylic acids is 1. The Morgan fingerprint density at radius 2 is 2.05 bits per heavy atom. The van der Waals surface area contributed by atoms with Crippen LogP contribution in [0.4, 0.5) is 0 Å². The Hall–Kier alpha value is -1.07. The Labute approximate surface area is 124 Å². The van der Waals surface area contributed by atoms with Crippen LogP contribution in [0.5, 0.6) is 0 Å². The van der Waals surface area contributed by atoms with Gasteiger partial charge in [-0.25, -0.2) is 0 Å². The summed E-state index contributed by atoms with van der Waals surface area (Å²) in [6.45, 7) is 0.158. The van der Waals surface area contributed by atoms with Gasteiger partial charge in [-0.3, -0.25) is 9.59 Å². The van der Waals surface area contributed by atoms with Gasteiger partial charge >= 0.3 is 5.97 Å². The van der Waals surface area contributed by atoms with Crippen LogP contribution in [-0.4, -0.2) is 23.5 Å². The Bertz CT molecular complexity index is 508. The molecule has 0 aromatic heterocycles. The topological polar surface area (TPSA) is 66.4 Å². The normalized spacial score (nSPS) is 16.5. The van der Waals surface area contributed by atoms with Gasteiger partial charge in [0.25, 0.3) is 5.91 Å². The van der Waals surface area contributed by atoms with Gasteiger partial charge in [0, 0.05) is 21.6 Å². The smallest absolute Gasteiger partial charge is 0.311 e. The third-order valence-electron chi connectivity index (χ3n) is 3.48. The Morgan fingerprint density at radius 1 is 1.37 bits per heavy atom. The van der Waals surface area contributed by atoms with Crippen molar-refractivity contribution in [2.45, 2.75) is 19.3 Å². The van der Waals surface area contributed by atoms with Crippen molar-refractivity contribution >= 4 is 39.4 Å². The molecule has 1 aliphatic rings. The molecule has 0 spiro atoms. The van der Waals surface area contributed by atoms with Crippen LogP contribution in [0.3, 0.4) is 0 Å². The summed E-state index contributed by atoms with van der Waals surface area (Å²) in [5.74, 6) is -1.15. The van der Waals surface area contributed by atoms with Crippen LogP contribution < -0.4 is 5.32 Å². The maximum absolute atomic E-state index is 12.0. The maximum Gasteiger partial charge on any atom is 0.311 e. The zero-order chi connectivity index (χ0) is 14.0. The lowest BCUT2D eigenvalue weighted by atomic mass is 9.69. The van der Waals surface area contributed by atoms with Crippen molar-refractivity contribution in [2.24, 2.45) is 5.41 Å². The Balaban J connectivity index is 2.03. The van der Waals surface area contributed by atoms with Crippen molar-refractivity contribution in [1.29, 1.82) is 0 Å². The number of carboxylic acids is 1. The van der Waals surface area contributed by atoms with Gasteiger partial charge in [-0.15, -0.1) is 0 Å². The second kappa shape index (κ2) is 5.51. The van der Waals surface area contributed by atoms with E-state index in [1.807, 2.05) is 0 Å². The minimum absolute atomic E-state index is 0.158. The molecular weight excluding hydrogens is 334 g/mol. The van der Waals surface area contributed by atoms with E-state index in [1.165, 1.54) is 0 Å². The first-order chi connectivity index (χ1) is 8.93. The van der Waals surface area contributed by atoms with Gasteiger partial charge < -0.3 is 10.4 Å². The molecule has 1 fully saturated rings. The van der Waals surface area contributed by atoms with E-state index in [0.717, 1.165) is 6.42 Å². The molecule has 1 aromatic carbocycles. The maximum atomic E-state index is 12.0. The Morgan fingerprint density at radius 3 is 2.53 bits per heavy atom. The number of rotatable bonds is 4. The number of hydrogen-bond donors (Lipinski definition) is 2. The number of hydrogen-bond acceptors (Lipinski definition) is 2. The average Bonchev–Trinajstić information content (AvgIpc) is 2.25. The molecule has 0 atom stereocenters. The van der Waals surface area contributed by atoms with Crippen LogP contribution in [0, 0.1) is 5.41 Å². The zero-order valence-electron chi connectivity index (χ0n) is 10.1. The summed E-state index contributed by atoms with van der Waals surface area (Å²) >= 11 is 9.13. The van der Waals surface area contributed by atoms with Crippen molar-refractivity contribution in [1.82, 2.24) is 5.32 Å². The first-order valence-electron chi connectivity index (χ1n) is 5.91. The third-order valence-corrected chi connectivity index (χ3v) is 4.15. The van der Waals surface area contributed by atoms with Crippen LogP contribution in [0.25, 0.3) is 0 Å². The van der Waals surface area contributed by atoms with E-state index in [0.29, 0.717) is 27.9 Å². The van der Waals surface area contributed by atoms with Crippen molar-refractivity contribution in [3.05, 3.63) is 33.3 Å². The highest BCUT2D eigenvalue weighted by atomic mass is 79.9. The Kier molecular flexibility index (Phi) is 4.16. The summed E-state index contributed by atoms with van der Waals surface area (Å²) in [6, 6.07) is 4.88. The molecule has 2 N–H and O–H groups in total. The van der Waals surface area contributed by atoms with Gasteiger partial charge in [0.05, 0.1) is 5.41 Å². The lowest BCUT2D eigenvalue weighted by Crippen LogP contribution is -2.47. The first kappa shape index (κ1) is 14.3. The molecule has 1 saturated carbocycles. The molecule has 0 radical (unpaired) electrons. The lowest BCUT2D eigenvalue weighted by Gasteiger charge is -2.37. The summed E-state index contributed by atoms with van der Waals surface area (Å²) in [5, 5.41) is 12.3. The highest BCUT2D eigenvalue weighted by molar-refractivity contribution is 9.10. The minimum Gasteiger partial charge on any atom is -0.481 e. The molecule has 0 unspecified atom stereocenters. The van der Waals surface area contributed by atoms with Gasteiger partial charge in [-0.1, -0.05) is 34.0 Å². The lowest BCUT2D eigenvalue weighted by molar-refractivity contribution is -0.153. The number of benzene rings is 1. The summed E-state index contributed by atoms with van der Waals surface area (Å²) in [4.78, 5) is 23.2. The summed E-state index contributed by atoms with van der Waals surface area (Å²) in [7, 11) is 0.